The number of nitrogens with two attached hydrogens (primary N) is 3. The molecule has 0 fully saturated rings. The van der Waals surface area contributed by atoms with E-state index in [9.17, 15) is 24.3 Å². The van der Waals surface area contributed by atoms with Crippen molar-refractivity contribution in [3.05, 3.63) is 54.2 Å². The molecule has 2 aromatic heterocycles. The highest BCUT2D eigenvalue weighted by Crippen LogP contribution is 2.19. The summed E-state index contributed by atoms with van der Waals surface area (Å²) in [6, 6.07) is 3.02. The van der Waals surface area contributed by atoms with Crippen molar-refractivity contribution in [2.45, 2.75) is 56.8 Å². The number of benzene rings is 1. The van der Waals surface area contributed by atoms with Crippen molar-refractivity contribution in [1.29, 1.82) is 0 Å². The Morgan fingerprint density at radius 3 is 2.39 bits per heavy atom. The molecule has 4 unspecified atom stereocenters. The lowest BCUT2D eigenvalue weighted by Gasteiger charge is -2.24. The molecule has 220 valence electrons. The molecule has 0 bridgehead atoms. The number of carboxylic acids is 1. The van der Waals surface area contributed by atoms with Crippen molar-refractivity contribution in [2.24, 2.45) is 22.2 Å². The summed E-state index contributed by atoms with van der Waals surface area (Å²) in [5.41, 5.74) is 19.0. The van der Waals surface area contributed by atoms with Gasteiger partial charge in [-0.2, -0.15) is 0 Å². The highest BCUT2D eigenvalue weighted by atomic mass is 16.4. The summed E-state index contributed by atoms with van der Waals surface area (Å²) in [6.07, 6.45) is 5.41. The highest BCUT2D eigenvalue weighted by molar-refractivity contribution is 5.94. The van der Waals surface area contributed by atoms with E-state index >= 15 is 0 Å². The molecule has 0 saturated carbocycles. The zero-order valence-corrected chi connectivity index (χ0v) is 22.6. The number of carboxylic acid groups (broad SMARTS) is 1. The van der Waals surface area contributed by atoms with Gasteiger partial charge >= 0.3 is 5.97 Å². The van der Waals surface area contributed by atoms with E-state index in [2.05, 4.69) is 35.9 Å². The number of H-pyrrole nitrogens is 2. The van der Waals surface area contributed by atoms with Crippen LogP contribution in [-0.2, 0) is 32.0 Å². The third-order valence-electron chi connectivity index (χ3n) is 6.37. The van der Waals surface area contributed by atoms with E-state index in [1.54, 1.807) is 12.4 Å². The number of nitrogens with zero attached hydrogens (tertiary/aromatic N) is 2. The van der Waals surface area contributed by atoms with Gasteiger partial charge in [-0.05, 0) is 31.4 Å². The fourth-order valence-electron chi connectivity index (χ4n) is 4.15. The fourth-order valence-corrected chi connectivity index (χ4v) is 4.15. The molecule has 1 aromatic carbocycles. The van der Waals surface area contributed by atoms with Crippen LogP contribution < -0.4 is 33.2 Å². The maximum absolute atomic E-state index is 13.5. The summed E-state index contributed by atoms with van der Waals surface area (Å²) in [6.45, 7) is 1.52. The van der Waals surface area contributed by atoms with E-state index in [0.717, 1.165) is 16.5 Å². The molecule has 4 atom stereocenters. The summed E-state index contributed by atoms with van der Waals surface area (Å²) in [7, 11) is 0. The van der Waals surface area contributed by atoms with Crippen LogP contribution in [0.2, 0.25) is 0 Å². The molecule has 0 aliphatic heterocycles. The molecule has 0 spiro atoms. The predicted molar refractivity (Wildman–Crippen MR) is 151 cm³/mol. The summed E-state index contributed by atoms with van der Waals surface area (Å²) in [5, 5.41) is 17.9. The van der Waals surface area contributed by atoms with Gasteiger partial charge in [0.25, 0.3) is 0 Å². The van der Waals surface area contributed by atoms with Crippen molar-refractivity contribution in [3.63, 3.8) is 0 Å². The average molecular weight is 569 g/mol. The molecule has 0 radical (unpaired) electrons. The maximum atomic E-state index is 13.5. The molecule has 2 heterocycles. The quantitative estimate of drug-likeness (QED) is 0.0593. The molecular formula is C26H36N10O5. The van der Waals surface area contributed by atoms with E-state index in [4.69, 9.17) is 17.2 Å². The van der Waals surface area contributed by atoms with Crippen molar-refractivity contribution in [3.8, 4) is 0 Å². The summed E-state index contributed by atoms with van der Waals surface area (Å²) in [5.74, 6) is -3.27. The van der Waals surface area contributed by atoms with Gasteiger partial charge < -0.3 is 48.2 Å². The van der Waals surface area contributed by atoms with Crippen LogP contribution in [-0.4, -0.2) is 80.4 Å². The Balaban J connectivity index is 1.80. The molecule has 3 rings (SSSR count). The van der Waals surface area contributed by atoms with Gasteiger partial charge in [-0.1, -0.05) is 18.2 Å². The molecule has 12 N–H and O–H groups in total. The third-order valence-corrected chi connectivity index (χ3v) is 6.37. The lowest BCUT2D eigenvalue weighted by Crippen LogP contribution is -2.57. The van der Waals surface area contributed by atoms with Gasteiger partial charge in [-0.25, -0.2) is 4.98 Å². The number of rotatable bonds is 15. The second-order valence-corrected chi connectivity index (χ2v) is 9.59. The first kappa shape index (κ1) is 30.6. The normalized spacial score (nSPS) is 13.9. The lowest BCUT2D eigenvalue weighted by molar-refractivity contribution is -0.141. The second kappa shape index (κ2) is 14.5. The van der Waals surface area contributed by atoms with Crippen LogP contribution in [0.15, 0.2) is 48.0 Å². The minimum absolute atomic E-state index is 0.0575. The van der Waals surface area contributed by atoms with Crippen molar-refractivity contribution in [2.75, 3.05) is 6.54 Å². The van der Waals surface area contributed by atoms with Gasteiger partial charge in [0.1, 0.15) is 18.1 Å². The number of carbonyl (C=O) groups is 4. The van der Waals surface area contributed by atoms with Crippen LogP contribution in [0, 0.1) is 0 Å². The predicted octanol–water partition coefficient (Wildman–Crippen LogP) is -1.38. The molecule has 41 heavy (non-hydrogen) atoms. The van der Waals surface area contributed by atoms with Gasteiger partial charge in [0.15, 0.2) is 5.96 Å². The summed E-state index contributed by atoms with van der Waals surface area (Å²) >= 11 is 0. The number of guanidine groups is 1. The van der Waals surface area contributed by atoms with Crippen molar-refractivity contribution >= 4 is 40.6 Å². The van der Waals surface area contributed by atoms with Crippen molar-refractivity contribution in [1.82, 2.24) is 30.9 Å². The molecule has 15 nitrogen and oxygen atoms in total. The fraction of sp³-hybridized carbons (Fsp3) is 0.385. The van der Waals surface area contributed by atoms with Gasteiger partial charge in [-0.3, -0.25) is 24.2 Å². The molecule has 0 aliphatic carbocycles. The Kier molecular flexibility index (Phi) is 10.8. The topological polar surface area (TPSA) is 259 Å². The first-order chi connectivity index (χ1) is 19.5. The number of aliphatic carboxylic acids is 1. The number of imidazole rings is 1. The summed E-state index contributed by atoms with van der Waals surface area (Å²) < 4.78 is 0. The van der Waals surface area contributed by atoms with Crippen molar-refractivity contribution < 1.29 is 24.3 Å². The minimum atomic E-state index is -1.23. The number of para-hydroxylation sites is 1. The largest absolute Gasteiger partial charge is 0.480 e. The number of amides is 3. The first-order valence-corrected chi connectivity index (χ1v) is 13.0. The Bertz CT molecular complexity index is 1370. The number of nitrogens with one attached hydrogen (secondary N) is 5. The SMILES string of the molecule is CC(NC(=O)C(Cc1c[nH]c2ccccc12)NC(=O)C(CCCN=C(N)N)NC(=O)C(N)Cc1cnc[nH]1)C(=O)O. The Labute approximate surface area is 235 Å². The van der Waals surface area contributed by atoms with E-state index in [1.165, 1.54) is 13.3 Å². The molecule has 15 heteroatoms. The Morgan fingerprint density at radius 2 is 1.71 bits per heavy atom. The van der Waals surface area contributed by atoms with Gasteiger partial charge in [0.2, 0.25) is 17.7 Å². The van der Waals surface area contributed by atoms with Crippen LogP contribution in [0.5, 0.6) is 0 Å². The monoisotopic (exact) mass is 568 g/mol. The van der Waals surface area contributed by atoms with E-state index in [1.807, 2.05) is 24.3 Å². The second-order valence-electron chi connectivity index (χ2n) is 9.59. The minimum Gasteiger partial charge on any atom is -0.480 e. The van der Waals surface area contributed by atoms with Gasteiger partial charge in [0, 0.05) is 48.4 Å². The number of aromatic nitrogens is 3. The van der Waals surface area contributed by atoms with Crippen LogP contribution in [0.3, 0.4) is 0 Å². The van der Waals surface area contributed by atoms with Crippen LogP contribution in [0.4, 0.5) is 0 Å². The number of carbonyl (C=O) groups excluding carboxylic acids is 3. The smallest absolute Gasteiger partial charge is 0.325 e. The van der Waals surface area contributed by atoms with Crippen LogP contribution in [0.1, 0.15) is 31.0 Å². The number of aromatic amines is 2. The number of aliphatic imine (C=N–C) groups is 1. The van der Waals surface area contributed by atoms with Crippen LogP contribution in [0.25, 0.3) is 10.9 Å². The molecule has 0 aliphatic rings. The van der Waals surface area contributed by atoms with Crippen LogP contribution >= 0.6 is 0 Å². The molecular weight excluding hydrogens is 532 g/mol. The van der Waals surface area contributed by atoms with E-state index < -0.39 is 47.9 Å². The molecule has 3 amide bonds. The van der Waals surface area contributed by atoms with Gasteiger partial charge in [-0.15, -0.1) is 0 Å². The Hall–Kier alpha value is -4.92. The molecule has 3 aromatic rings. The Morgan fingerprint density at radius 1 is 1.00 bits per heavy atom. The molecule has 0 saturated heterocycles. The lowest BCUT2D eigenvalue weighted by atomic mass is 10.0. The zero-order chi connectivity index (χ0) is 29.9. The number of fused-ring (bicyclic) bond motifs is 1. The van der Waals surface area contributed by atoms with Gasteiger partial charge in [0.05, 0.1) is 12.4 Å². The standard InChI is InChI=1S/C26H36N10O5/c1-14(25(40)41)34-24(39)21(9-15-11-32-19-6-3-2-5-17(15)19)36-23(38)20(7-4-8-31-26(28)29)35-22(37)18(27)10-16-12-30-13-33-16/h2-3,5-6,11-14,18,20-21,32H,4,7-10,27H2,1H3,(H,30,33)(H,34,39)(H,35,37)(H,36,38)(H,40,41)(H4,28,29,31). The van der Waals surface area contributed by atoms with E-state index in [-0.39, 0.29) is 31.8 Å². The third kappa shape index (κ3) is 9.06. The number of hydrogen-bond donors (Lipinski definition) is 9. The first-order valence-electron chi connectivity index (χ1n) is 13.0. The zero-order valence-electron chi connectivity index (χ0n) is 22.6. The average Bonchev–Trinajstić information content (AvgIpc) is 3.59. The maximum Gasteiger partial charge on any atom is 0.325 e. The summed E-state index contributed by atoms with van der Waals surface area (Å²) in [4.78, 5) is 64.7. The number of hydrogen-bond acceptors (Lipinski definition) is 7. The van der Waals surface area contributed by atoms with E-state index in [0.29, 0.717) is 12.1 Å². The highest BCUT2D eigenvalue weighted by Gasteiger charge is 2.30.